The molecule has 0 radical (unpaired) electrons. The van der Waals surface area contributed by atoms with Gasteiger partial charge in [0.2, 0.25) is 0 Å². The Kier molecular flexibility index (Phi) is 5.24. The van der Waals surface area contributed by atoms with Crippen LogP contribution < -0.4 is 0 Å². The molecule has 0 saturated carbocycles. The van der Waals surface area contributed by atoms with E-state index in [4.69, 9.17) is 4.74 Å². The number of benzene rings is 1. The molecule has 25 heavy (non-hydrogen) atoms. The maximum absolute atomic E-state index is 11.3. The molecule has 1 aliphatic rings. The van der Waals surface area contributed by atoms with E-state index in [1.165, 1.54) is 24.1 Å². The van der Waals surface area contributed by atoms with E-state index >= 15 is 0 Å². The highest BCUT2D eigenvalue weighted by Gasteiger charge is 2.22. The largest absolute Gasteiger partial charge is 0.466 e. The van der Waals surface area contributed by atoms with E-state index in [1.54, 1.807) is 6.08 Å². The minimum atomic E-state index is -0.364. The van der Waals surface area contributed by atoms with Gasteiger partial charge >= 0.3 is 5.97 Å². The van der Waals surface area contributed by atoms with E-state index < -0.39 is 0 Å². The number of nitrogens with zero attached hydrogens (tertiary/aromatic N) is 1. The summed E-state index contributed by atoms with van der Waals surface area (Å²) in [5.74, 6) is -0.364. The van der Waals surface area contributed by atoms with Crippen molar-refractivity contribution < 1.29 is 14.3 Å². The summed E-state index contributed by atoms with van der Waals surface area (Å²) in [6.45, 7) is 4.87. The molecule has 5 heteroatoms. The number of rotatable bonds is 5. The molecular formula is C20H24N2O3. The summed E-state index contributed by atoms with van der Waals surface area (Å²) in [7, 11) is 1.37. The molecule has 2 aromatic rings. The molecule has 0 saturated heterocycles. The molecule has 5 nitrogen and oxygen atoms in total. The Balaban J connectivity index is 1.72. The molecule has 1 aliphatic heterocycles. The molecule has 0 unspecified atom stereocenters. The lowest BCUT2D eigenvalue weighted by molar-refractivity contribution is -0.134. The molecule has 0 spiro atoms. The first kappa shape index (κ1) is 17.3. The van der Waals surface area contributed by atoms with Crippen molar-refractivity contribution in [2.24, 2.45) is 0 Å². The summed E-state index contributed by atoms with van der Waals surface area (Å²) in [6.07, 6.45) is 8.20. The van der Waals surface area contributed by atoms with Gasteiger partial charge in [-0.3, -0.25) is 0 Å². The highest BCUT2D eigenvalue weighted by Crippen LogP contribution is 2.23. The molecule has 0 fully saturated rings. The lowest BCUT2D eigenvalue weighted by atomic mass is 10.1. The normalized spacial score (nSPS) is 20.9. The van der Waals surface area contributed by atoms with Crippen molar-refractivity contribution in [1.29, 1.82) is 0 Å². The maximum atomic E-state index is 11.3. The summed E-state index contributed by atoms with van der Waals surface area (Å²) in [5, 5.41) is 1.26. The van der Waals surface area contributed by atoms with Gasteiger partial charge in [-0.2, -0.15) is 0 Å². The Hall–Kier alpha value is -2.53. The van der Waals surface area contributed by atoms with Crippen LogP contribution >= 0.6 is 0 Å². The Morgan fingerprint density at radius 1 is 1.36 bits per heavy atom. The topological polar surface area (TPSA) is 54.6 Å². The van der Waals surface area contributed by atoms with Crippen LogP contribution in [0.5, 0.6) is 0 Å². The Morgan fingerprint density at radius 2 is 2.16 bits per heavy atom. The summed E-state index contributed by atoms with van der Waals surface area (Å²) in [6, 6.07) is 8.32. The fraction of sp³-hybridized carbons (Fsp3) is 0.350. The summed E-state index contributed by atoms with van der Waals surface area (Å²) in [4.78, 5) is 16.8. The number of aromatic amines is 1. The first-order chi connectivity index (χ1) is 12.1. The number of esters is 1. The van der Waals surface area contributed by atoms with Crippen LogP contribution in [0.2, 0.25) is 0 Å². The standard InChI is InChI=1S/C20H24N2O3/c1-14-17(8-9-20(23)24-3)13-22(15(2)25-14)11-10-16-12-21-19-7-5-4-6-18(16)19/h4-9,12-15,21H,10-11H2,1-3H3/b9-8+/t14-,15+/m0/s1. The average molecular weight is 340 g/mol. The SMILES string of the molecule is COC(=O)/C=C/C1=CN(CCc2c[nH]c3ccccc23)[C@@H](C)O[C@H]1C. The van der Waals surface area contributed by atoms with E-state index in [9.17, 15) is 4.79 Å². The van der Waals surface area contributed by atoms with Gasteiger partial charge in [-0.05, 0) is 43.5 Å². The van der Waals surface area contributed by atoms with Crippen molar-refractivity contribution in [2.45, 2.75) is 32.6 Å². The Labute approximate surface area is 147 Å². The average Bonchev–Trinajstić information content (AvgIpc) is 3.03. The maximum Gasteiger partial charge on any atom is 0.330 e. The van der Waals surface area contributed by atoms with Crippen LogP contribution in [0.25, 0.3) is 10.9 Å². The van der Waals surface area contributed by atoms with E-state index in [-0.39, 0.29) is 18.3 Å². The van der Waals surface area contributed by atoms with Crippen molar-refractivity contribution in [3.05, 3.63) is 60.0 Å². The summed E-state index contributed by atoms with van der Waals surface area (Å²) in [5.41, 5.74) is 3.41. The molecule has 2 heterocycles. The summed E-state index contributed by atoms with van der Waals surface area (Å²) >= 11 is 0. The third kappa shape index (κ3) is 3.94. The third-order valence-electron chi connectivity index (χ3n) is 4.58. The van der Waals surface area contributed by atoms with E-state index in [0.29, 0.717) is 0 Å². The van der Waals surface area contributed by atoms with Crippen LogP contribution in [0.3, 0.4) is 0 Å². The first-order valence-corrected chi connectivity index (χ1v) is 8.52. The minimum Gasteiger partial charge on any atom is -0.466 e. The zero-order valence-corrected chi connectivity index (χ0v) is 14.9. The highest BCUT2D eigenvalue weighted by atomic mass is 16.5. The van der Waals surface area contributed by atoms with Crippen LogP contribution in [0.15, 0.2) is 54.4 Å². The molecule has 132 valence electrons. The van der Waals surface area contributed by atoms with Gasteiger partial charge in [0, 0.05) is 35.9 Å². The monoisotopic (exact) mass is 340 g/mol. The fourth-order valence-corrected chi connectivity index (χ4v) is 3.10. The molecular weight excluding hydrogens is 316 g/mol. The minimum absolute atomic E-state index is 0.00418. The van der Waals surface area contributed by atoms with Crippen molar-refractivity contribution in [1.82, 2.24) is 9.88 Å². The second-order valence-corrected chi connectivity index (χ2v) is 6.21. The Morgan fingerprint density at radius 3 is 2.96 bits per heavy atom. The number of nitrogens with one attached hydrogen (secondary N) is 1. The predicted octanol–water partition coefficient (Wildman–Crippen LogP) is 3.39. The number of ether oxygens (including phenoxy) is 2. The number of aromatic nitrogens is 1. The van der Waals surface area contributed by atoms with Gasteiger partial charge in [0.05, 0.1) is 13.2 Å². The number of carbonyl (C=O) groups is 1. The van der Waals surface area contributed by atoms with E-state index in [2.05, 4.69) is 45.2 Å². The van der Waals surface area contributed by atoms with Gasteiger partial charge in [0.1, 0.15) is 6.23 Å². The molecule has 2 atom stereocenters. The van der Waals surface area contributed by atoms with Gasteiger partial charge in [0.15, 0.2) is 0 Å². The number of hydrogen-bond donors (Lipinski definition) is 1. The number of carbonyl (C=O) groups excluding carboxylic acids is 1. The number of methoxy groups -OCH3 is 1. The molecule has 1 aromatic carbocycles. The van der Waals surface area contributed by atoms with Crippen molar-refractivity contribution in [2.75, 3.05) is 13.7 Å². The van der Waals surface area contributed by atoms with Crippen molar-refractivity contribution in [3.8, 4) is 0 Å². The molecule has 3 rings (SSSR count). The van der Waals surface area contributed by atoms with Gasteiger partial charge in [-0.1, -0.05) is 18.2 Å². The van der Waals surface area contributed by atoms with Gasteiger partial charge in [-0.25, -0.2) is 4.79 Å². The van der Waals surface area contributed by atoms with Gasteiger partial charge < -0.3 is 19.4 Å². The lowest BCUT2D eigenvalue weighted by Gasteiger charge is -2.36. The quantitative estimate of drug-likeness (QED) is 0.670. The van der Waals surface area contributed by atoms with E-state index in [0.717, 1.165) is 24.1 Å². The Bertz CT molecular complexity index is 806. The molecule has 0 aliphatic carbocycles. The van der Waals surface area contributed by atoms with Crippen molar-refractivity contribution in [3.63, 3.8) is 0 Å². The van der Waals surface area contributed by atoms with Crippen LogP contribution in [0.4, 0.5) is 0 Å². The number of hydrogen-bond acceptors (Lipinski definition) is 4. The molecule has 0 amide bonds. The van der Waals surface area contributed by atoms with Gasteiger partial charge in [0.25, 0.3) is 0 Å². The predicted molar refractivity (Wildman–Crippen MR) is 98.0 cm³/mol. The third-order valence-corrected chi connectivity index (χ3v) is 4.58. The van der Waals surface area contributed by atoms with Crippen molar-refractivity contribution >= 4 is 16.9 Å². The van der Waals surface area contributed by atoms with E-state index in [1.807, 2.05) is 19.9 Å². The molecule has 0 bridgehead atoms. The zero-order valence-electron chi connectivity index (χ0n) is 14.9. The first-order valence-electron chi connectivity index (χ1n) is 8.52. The smallest absolute Gasteiger partial charge is 0.330 e. The van der Waals surface area contributed by atoms with Crippen LogP contribution in [-0.2, 0) is 20.7 Å². The molecule has 1 N–H and O–H groups in total. The zero-order chi connectivity index (χ0) is 17.8. The number of para-hydroxylation sites is 1. The fourth-order valence-electron chi connectivity index (χ4n) is 3.10. The highest BCUT2D eigenvalue weighted by molar-refractivity contribution is 5.83. The van der Waals surface area contributed by atoms with Gasteiger partial charge in [-0.15, -0.1) is 0 Å². The summed E-state index contributed by atoms with van der Waals surface area (Å²) < 4.78 is 10.6. The van der Waals surface area contributed by atoms with Crippen LogP contribution in [-0.4, -0.2) is 41.8 Å². The number of fused-ring (bicyclic) bond motifs is 1. The second-order valence-electron chi connectivity index (χ2n) is 6.21. The number of H-pyrrole nitrogens is 1. The lowest BCUT2D eigenvalue weighted by Crippen LogP contribution is -2.39. The van der Waals surface area contributed by atoms with Crippen LogP contribution in [0, 0.1) is 0 Å². The second kappa shape index (κ2) is 7.57. The van der Waals surface area contributed by atoms with Crippen LogP contribution in [0.1, 0.15) is 19.4 Å². The molecule has 1 aromatic heterocycles.